The van der Waals surface area contributed by atoms with Gasteiger partial charge in [-0.25, -0.2) is 9.78 Å². The zero-order valence-corrected chi connectivity index (χ0v) is 33.5. The molecule has 3 atom stereocenters. The number of fused-ring (bicyclic) bond motifs is 2. The maximum Gasteiger partial charge on any atom is 0.326 e. The SMILES string of the molecule is N#Cc1ccc(-c2ccc(C[C@H](NC(=O)C3Cc4cc5c(cc4CN3C(=O)c3cscn3)O[C@@H](c3ccc(OCc4ccc(Cl)c(Cl)c4)cc3)CO5)C(=O)O)cc2)cc1. The Morgan fingerprint density at radius 2 is 1.63 bits per heavy atom. The highest BCUT2D eigenvalue weighted by Crippen LogP contribution is 2.41. The highest BCUT2D eigenvalue weighted by Gasteiger charge is 2.38. The number of amides is 2. The number of rotatable bonds is 11. The zero-order valence-electron chi connectivity index (χ0n) is 31.1. The fraction of sp³-hybridized carbons (Fsp3) is 0.178. The van der Waals surface area contributed by atoms with Crippen molar-refractivity contribution in [2.45, 2.75) is 44.2 Å². The summed E-state index contributed by atoms with van der Waals surface area (Å²) < 4.78 is 18.6. The summed E-state index contributed by atoms with van der Waals surface area (Å²) in [6.07, 6.45) is -0.279. The van der Waals surface area contributed by atoms with Crippen molar-refractivity contribution in [2.24, 2.45) is 0 Å². The molecule has 1 aromatic heterocycles. The summed E-state index contributed by atoms with van der Waals surface area (Å²) in [6, 6.07) is 30.9. The molecule has 59 heavy (non-hydrogen) atoms. The molecule has 11 nitrogen and oxygen atoms in total. The quantitative estimate of drug-likeness (QED) is 0.131. The van der Waals surface area contributed by atoms with Crippen LogP contribution in [-0.4, -0.2) is 51.5 Å². The Kier molecular flexibility index (Phi) is 11.5. The maximum absolute atomic E-state index is 14.1. The molecule has 296 valence electrons. The van der Waals surface area contributed by atoms with E-state index < -0.39 is 36.0 Å². The molecule has 2 aliphatic rings. The number of carboxylic acids is 1. The highest BCUT2D eigenvalue weighted by molar-refractivity contribution is 7.07. The minimum Gasteiger partial charge on any atom is -0.489 e. The van der Waals surface area contributed by atoms with Crippen LogP contribution >= 0.6 is 34.5 Å². The van der Waals surface area contributed by atoms with Crippen LogP contribution in [-0.2, 0) is 35.6 Å². The number of nitrogens with one attached hydrogen (secondary N) is 1. The molecule has 14 heteroatoms. The zero-order chi connectivity index (χ0) is 41.0. The van der Waals surface area contributed by atoms with Crippen LogP contribution in [0, 0.1) is 11.3 Å². The van der Waals surface area contributed by atoms with Gasteiger partial charge in [0.25, 0.3) is 5.91 Å². The summed E-state index contributed by atoms with van der Waals surface area (Å²) in [6.45, 7) is 0.618. The van der Waals surface area contributed by atoms with Crippen LogP contribution in [0.5, 0.6) is 17.2 Å². The molecule has 5 aromatic carbocycles. The number of thiazole rings is 1. The predicted octanol–water partition coefficient (Wildman–Crippen LogP) is 8.46. The summed E-state index contributed by atoms with van der Waals surface area (Å²) in [5.41, 5.74) is 8.11. The topological polar surface area (TPSA) is 151 Å². The van der Waals surface area contributed by atoms with Crippen LogP contribution in [0.1, 0.15) is 50.0 Å². The molecule has 0 saturated heterocycles. The summed E-state index contributed by atoms with van der Waals surface area (Å²) in [5, 5.41) is 24.6. The normalized spacial score (nSPS) is 16.0. The van der Waals surface area contributed by atoms with E-state index in [9.17, 15) is 19.5 Å². The fourth-order valence-corrected chi connectivity index (χ4v) is 7.92. The standard InChI is InChI=1S/C45H34Cl2N4O7S/c46-35-14-5-28(15-36(35)47)22-56-34-12-10-31(11-13-34)42-23-57-40-18-32-17-39(51(21-33(32)19-41(40)58-42)44(53)38-24-59-25-49-38)43(52)50-37(45(54)55)16-26-1-6-29(7-2-26)30-8-3-27(20-48)4-9-30/h1-15,18-19,24-25,37,39,42H,16-17,21-23H2,(H,50,52)(H,54,55)/t37-,39?,42+/m0/s1. The Hall–Kier alpha value is -6.39. The Bertz CT molecular complexity index is 2560. The van der Waals surface area contributed by atoms with Crippen LogP contribution < -0.4 is 19.5 Å². The molecule has 8 rings (SSSR count). The van der Waals surface area contributed by atoms with Gasteiger partial charge in [0.05, 0.1) is 27.2 Å². The number of benzene rings is 5. The number of ether oxygens (including phenoxy) is 3. The minimum atomic E-state index is -1.26. The number of hydrogen-bond donors (Lipinski definition) is 2. The number of aliphatic carboxylic acids is 1. The lowest BCUT2D eigenvalue weighted by Crippen LogP contribution is -2.56. The van der Waals surface area contributed by atoms with Gasteiger partial charge in [-0.1, -0.05) is 77.8 Å². The second kappa shape index (κ2) is 17.2. The Morgan fingerprint density at radius 3 is 2.31 bits per heavy atom. The van der Waals surface area contributed by atoms with Gasteiger partial charge in [-0.15, -0.1) is 11.3 Å². The second-order valence-corrected chi connectivity index (χ2v) is 15.6. The summed E-state index contributed by atoms with van der Waals surface area (Å²) >= 11 is 13.4. The van der Waals surface area contributed by atoms with E-state index in [1.807, 2.05) is 78.9 Å². The van der Waals surface area contributed by atoms with Crippen molar-refractivity contribution >= 4 is 52.3 Å². The number of nitriles is 1. The van der Waals surface area contributed by atoms with Gasteiger partial charge in [-0.2, -0.15) is 5.26 Å². The lowest BCUT2D eigenvalue weighted by Gasteiger charge is -2.37. The van der Waals surface area contributed by atoms with E-state index in [4.69, 9.17) is 42.7 Å². The lowest BCUT2D eigenvalue weighted by molar-refractivity contribution is -0.142. The van der Waals surface area contributed by atoms with Crippen LogP contribution in [0.2, 0.25) is 10.0 Å². The van der Waals surface area contributed by atoms with Crippen LogP contribution in [0.15, 0.2) is 114 Å². The molecular formula is C45H34Cl2N4O7S. The predicted molar refractivity (Wildman–Crippen MR) is 222 cm³/mol. The minimum absolute atomic E-state index is 0.0202. The van der Waals surface area contributed by atoms with Crippen LogP contribution in [0.4, 0.5) is 0 Å². The molecule has 6 aromatic rings. The Morgan fingerprint density at radius 1 is 0.915 bits per heavy atom. The monoisotopic (exact) mass is 844 g/mol. The first-order valence-electron chi connectivity index (χ1n) is 18.6. The first kappa shape index (κ1) is 39.4. The second-order valence-electron chi connectivity index (χ2n) is 14.1. The van der Waals surface area contributed by atoms with Crippen LogP contribution in [0.25, 0.3) is 11.1 Å². The largest absolute Gasteiger partial charge is 0.489 e. The van der Waals surface area contributed by atoms with E-state index >= 15 is 0 Å². The van der Waals surface area contributed by atoms with Gasteiger partial charge >= 0.3 is 5.97 Å². The third kappa shape index (κ3) is 8.88. The molecule has 1 unspecified atom stereocenters. The molecule has 3 heterocycles. The van der Waals surface area contributed by atoms with Crippen molar-refractivity contribution in [1.29, 1.82) is 5.26 Å². The Balaban J connectivity index is 0.964. The number of hydrogen-bond acceptors (Lipinski definition) is 9. The van der Waals surface area contributed by atoms with Gasteiger partial charge in [-0.3, -0.25) is 9.59 Å². The molecule has 0 spiro atoms. The number of carbonyl (C=O) groups is 3. The van der Waals surface area contributed by atoms with Crippen molar-refractivity contribution in [3.05, 3.63) is 163 Å². The lowest BCUT2D eigenvalue weighted by atomic mass is 9.91. The Labute approximate surface area is 353 Å². The van der Waals surface area contributed by atoms with Crippen molar-refractivity contribution < 1.29 is 33.7 Å². The number of halogens is 2. The fourth-order valence-electron chi connectivity index (χ4n) is 7.08. The van der Waals surface area contributed by atoms with Gasteiger partial charge in [-0.05, 0) is 87.5 Å². The smallest absolute Gasteiger partial charge is 0.326 e. The van der Waals surface area contributed by atoms with E-state index in [-0.39, 0.29) is 31.7 Å². The number of nitrogens with zero attached hydrogens (tertiary/aromatic N) is 3. The van der Waals surface area contributed by atoms with Crippen molar-refractivity contribution in [3.8, 4) is 34.4 Å². The van der Waals surface area contributed by atoms with E-state index in [1.54, 1.807) is 35.2 Å². The first-order valence-corrected chi connectivity index (χ1v) is 20.3. The summed E-state index contributed by atoms with van der Waals surface area (Å²) in [4.78, 5) is 46.1. The molecule has 2 aliphatic heterocycles. The average molecular weight is 846 g/mol. The van der Waals surface area contributed by atoms with Gasteiger partial charge < -0.3 is 29.5 Å². The van der Waals surface area contributed by atoms with E-state index in [2.05, 4.69) is 16.4 Å². The van der Waals surface area contributed by atoms with Crippen molar-refractivity contribution in [3.63, 3.8) is 0 Å². The van der Waals surface area contributed by atoms with Gasteiger partial charge in [0.1, 0.15) is 36.7 Å². The van der Waals surface area contributed by atoms with Crippen molar-refractivity contribution in [2.75, 3.05) is 6.61 Å². The van der Waals surface area contributed by atoms with E-state index in [0.717, 1.165) is 33.4 Å². The van der Waals surface area contributed by atoms with Crippen LogP contribution in [0.3, 0.4) is 0 Å². The first-order chi connectivity index (χ1) is 28.6. The number of carbonyl (C=O) groups excluding carboxylic acids is 2. The third-order valence-electron chi connectivity index (χ3n) is 10.3. The molecule has 0 saturated carbocycles. The third-order valence-corrected chi connectivity index (χ3v) is 11.6. The van der Waals surface area contributed by atoms with E-state index in [1.165, 1.54) is 16.2 Å². The molecule has 2 amide bonds. The molecule has 0 bridgehead atoms. The molecule has 0 aliphatic carbocycles. The molecular weight excluding hydrogens is 811 g/mol. The number of carboxylic acid groups (broad SMARTS) is 1. The maximum atomic E-state index is 14.1. The van der Waals surface area contributed by atoms with Crippen molar-refractivity contribution in [1.82, 2.24) is 15.2 Å². The average Bonchev–Trinajstić information content (AvgIpc) is 3.81. The summed E-state index contributed by atoms with van der Waals surface area (Å²) in [5.74, 6) is -0.577. The summed E-state index contributed by atoms with van der Waals surface area (Å²) in [7, 11) is 0. The molecule has 2 N–H and O–H groups in total. The van der Waals surface area contributed by atoms with Gasteiger partial charge in [0.2, 0.25) is 5.91 Å². The van der Waals surface area contributed by atoms with Gasteiger partial charge in [0, 0.05) is 24.8 Å². The molecule has 0 radical (unpaired) electrons. The highest BCUT2D eigenvalue weighted by atomic mass is 35.5. The van der Waals surface area contributed by atoms with Gasteiger partial charge in [0.15, 0.2) is 17.6 Å². The molecule has 0 fully saturated rings. The number of aromatic nitrogens is 1. The van der Waals surface area contributed by atoms with E-state index in [0.29, 0.717) is 45.0 Å².